The Bertz CT molecular complexity index is 866. The van der Waals surface area contributed by atoms with Crippen LogP contribution in [0.3, 0.4) is 0 Å². The lowest BCUT2D eigenvalue weighted by Crippen LogP contribution is -2.49. The molecule has 160 valence electrons. The van der Waals surface area contributed by atoms with Crippen molar-refractivity contribution < 1.29 is 14.0 Å². The van der Waals surface area contributed by atoms with E-state index in [1.807, 2.05) is 18.2 Å². The predicted octanol–water partition coefficient (Wildman–Crippen LogP) is 4.89. The van der Waals surface area contributed by atoms with Gasteiger partial charge in [0.1, 0.15) is 11.9 Å². The van der Waals surface area contributed by atoms with E-state index in [0.717, 1.165) is 36.8 Å². The Kier molecular flexibility index (Phi) is 7.86. The topological polar surface area (TPSA) is 49.4 Å². The fourth-order valence-corrected chi connectivity index (χ4v) is 4.08. The molecular weight excluding hydrogens is 403 g/mol. The normalized spacial score (nSPS) is 15.0. The summed E-state index contributed by atoms with van der Waals surface area (Å²) in [5.74, 6) is -0.606. The van der Waals surface area contributed by atoms with Gasteiger partial charge in [0, 0.05) is 24.0 Å². The first-order valence-electron chi connectivity index (χ1n) is 10.5. The predicted molar refractivity (Wildman–Crippen MR) is 117 cm³/mol. The SMILES string of the molecule is C[C@@H](C(=O)NC1CCCC1)N(Cc1ccc(F)cc1)C(=O)CCc1ccccc1Cl. The summed E-state index contributed by atoms with van der Waals surface area (Å²) in [7, 11) is 0. The van der Waals surface area contributed by atoms with Crippen LogP contribution >= 0.6 is 11.6 Å². The summed E-state index contributed by atoms with van der Waals surface area (Å²) >= 11 is 6.22. The molecule has 0 saturated heterocycles. The number of halogens is 2. The Morgan fingerprint density at radius 2 is 1.80 bits per heavy atom. The number of nitrogens with zero attached hydrogens (tertiary/aromatic N) is 1. The molecule has 1 fully saturated rings. The highest BCUT2D eigenvalue weighted by atomic mass is 35.5. The fraction of sp³-hybridized carbons (Fsp3) is 0.417. The molecule has 2 amide bonds. The lowest BCUT2D eigenvalue weighted by atomic mass is 10.1. The van der Waals surface area contributed by atoms with Crippen LogP contribution in [-0.2, 0) is 22.6 Å². The maximum atomic E-state index is 13.3. The van der Waals surface area contributed by atoms with Crippen LogP contribution in [0.25, 0.3) is 0 Å². The highest BCUT2D eigenvalue weighted by molar-refractivity contribution is 6.31. The second-order valence-electron chi connectivity index (χ2n) is 7.91. The quantitative estimate of drug-likeness (QED) is 0.648. The van der Waals surface area contributed by atoms with E-state index in [4.69, 9.17) is 11.6 Å². The summed E-state index contributed by atoms with van der Waals surface area (Å²) in [6.07, 6.45) is 4.94. The van der Waals surface area contributed by atoms with E-state index in [9.17, 15) is 14.0 Å². The molecule has 4 nitrogen and oxygen atoms in total. The average Bonchev–Trinajstić information content (AvgIpc) is 3.25. The molecule has 0 radical (unpaired) electrons. The first-order valence-corrected chi connectivity index (χ1v) is 10.9. The number of carbonyl (C=O) groups is 2. The van der Waals surface area contributed by atoms with Gasteiger partial charge in [0.15, 0.2) is 0 Å². The van der Waals surface area contributed by atoms with E-state index in [-0.39, 0.29) is 36.6 Å². The number of nitrogens with one attached hydrogen (secondary N) is 1. The maximum absolute atomic E-state index is 13.3. The summed E-state index contributed by atoms with van der Waals surface area (Å²) in [6, 6.07) is 13.0. The Labute approximate surface area is 182 Å². The third-order valence-corrected chi connectivity index (χ3v) is 6.07. The van der Waals surface area contributed by atoms with Crippen molar-refractivity contribution in [3.63, 3.8) is 0 Å². The summed E-state index contributed by atoms with van der Waals surface area (Å²) in [5.41, 5.74) is 1.68. The lowest BCUT2D eigenvalue weighted by Gasteiger charge is -2.30. The van der Waals surface area contributed by atoms with E-state index in [0.29, 0.717) is 11.4 Å². The Balaban J connectivity index is 1.71. The molecule has 1 saturated carbocycles. The molecule has 1 N–H and O–H groups in total. The first kappa shape index (κ1) is 22.3. The second-order valence-corrected chi connectivity index (χ2v) is 8.31. The van der Waals surface area contributed by atoms with Crippen LogP contribution in [0.1, 0.15) is 50.2 Å². The number of amides is 2. The van der Waals surface area contributed by atoms with Crippen molar-refractivity contribution in [3.8, 4) is 0 Å². The monoisotopic (exact) mass is 430 g/mol. The Morgan fingerprint density at radius 3 is 2.47 bits per heavy atom. The van der Waals surface area contributed by atoms with E-state index < -0.39 is 6.04 Å². The minimum absolute atomic E-state index is 0.131. The first-order chi connectivity index (χ1) is 14.4. The summed E-state index contributed by atoms with van der Waals surface area (Å²) in [5, 5.41) is 3.71. The van der Waals surface area contributed by atoms with Crippen molar-refractivity contribution >= 4 is 23.4 Å². The van der Waals surface area contributed by atoms with Gasteiger partial charge in [-0.15, -0.1) is 0 Å². The molecule has 1 aliphatic carbocycles. The molecule has 1 atom stereocenters. The molecule has 0 heterocycles. The molecule has 0 bridgehead atoms. The molecular formula is C24H28ClFN2O2. The number of aryl methyl sites for hydroxylation is 1. The van der Waals surface area contributed by atoms with Gasteiger partial charge in [0.25, 0.3) is 0 Å². The van der Waals surface area contributed by atoms with Crippen LogP contribution in [0.4, 0.5) is 4.39 Å². The van der Waals surface area contributed by atoms with Crippen LogP contribution < -0.4 is 5.32 Å². The number of rotatable bonds is 8. The summed E-state index contributed by atoms with van der Waals surface area (Å²) in [4.78, 5) is 27.5. The van der Waals surface area contributed by atoms with Crippen LogP contribution in [0.5, 0.6) is 0 Å². The highest BCUT2D eigenvalue weighted by Crippen LogP contribution is 2.20. The fourth-order valence-electron chi connectivity index (χ4n) is 3.85. The van der Waals surface area contributed by atoms with Gasteiger partial charge in [0.05, 0.1) is 0 Å². The van der Waals surface area contributed by atoms with Gasteiger partial charge in [-0.1, -0.05) is 54.8 Å². The number of hydrogen-bond acceptors (Lipinski definition) is 2. The largest absolute Gasteiger partial charge is 0.352 e. The van der Waals surface area contributed by atoms with Crippen molar-refractivity contribution in [3.05, 3.63) is 70.5 Å². The summed E-state index contributed by atoms with van der Waals surface area (Å²) in [6.45, 7) is 2.00. The van der Waals surface area contributed by atoms with Crippen molar-refractivity contribution in [2.45, 2.75) is 64.1 Å². The van der Waals surface area contributed by atoms with Gasteiger partial charge in [-0.2, -0.15) is 0 Å². The van der Waals surface area contributed by atoms with Gasteiger partial charge in [-0.3, -0.25) is 9.59 Å². The third-order valence-electron chi connectivity index (χ3n) is 5.70. The van der Waals surface area contributed by atoms with Gasteiger partial charge in [-0.25, -0.2) is 4.39 Å². The molecule has 0 aromatic heterocycles. The van der Waals surface area contributed by atoms with Gasteiger partial charge in [0.2, 0.25) is 11.8 Å². The highest BCUT2D eigenvalue weighted by Gasteiger charge is 2.28. The van der Waals surface area contributed by atoms with E-state index in [1.165, 1.54) is 12.1 Å². The smallest absolute Gasteiger partial charge is 0.242 e. The van der Waals surface area contributed by atoms with Gasteiger partial charge in [-0.05, 0) is 55.5 Å². The molecule has 0 spiro atoms. The van der Waals surface area contributed by atoms with E-state index >= 15 is 0 Å². The zero-order valence-corrected chi connectivity index (χ0v) is 18.0. The number of carbonyl (C=O) groups excluding carboxylic acids is 2. The van der Waals surface area contributed by atoms with Crippen LogP contribution in [0.15, 0.2) is 48.5 Å². The van der Waals surface area contributed by atoms with Crippen LogP contribution in [0.2, 0.25) is 5.02 Å². The summed E-state index contributed by atoms with van der Waals surface area (Å²) < 4.78 is 13.3. The van der Waals surface area contributed by atoms with Crippen LogP contribution in [-0.4, -0.2) is 28.8 Å². The molecule has 0 aliphatic heterocycles. The van der Waals surface area contributed by atoms with Crippen molar-refractivity contribution in [2.24, 2.45) is 0 Å². The zero-order chi connectivity index (χ0) is 21.5. The standard InChI is InChI=1S/C24H28ClFN2O2/c1-17(24(30)27-21-7-3-4-8-21)28(16-18-10-13-20(26)14-11-18)23(29)15-12-19-6-2-5-9-22(19)25/h2,5-6,9-11,13-14,17,21H,3-4,7-8,12,15-16H2,1H3,(H,27,30)/t17-/m0/s1. The minimum Gasteiger partial charge on any atom is -0.352 e. The molecule has 1 aliphatic rings. The molecule has 30 heavy (non-hydrogen) atoms. The zero-order valence-electron chi connectivity index (χ0n) is 17.2. The molecule has 2 aromatic carbocycles. The third kappa shape index (κ3) is 6.05. The van der Waals surface area contributed by atoms with Gasteiger partial charge < -0.3 is 10.2 Å². The molecule has 2 aromatic rings. The number of benzene rings is 2. The Morgan fingerprint density at radius 1 is 1.13 bits per heavy atom. The van der Waals surface area contributed by atoms with Crippen molar-refractivity contribution in [1.29, 1.82) is 0 Å². The lowest BCUT2D eigenvalue weighted by molar-refractivity contribution is -0.140. The van der Waals surface area contributed by atoms with Gasteiger partial charge >= 0.3 is 0 Å². The van der Waals surface area contributed by atoms with E-state index in [2.05, 4.69) is 5.32 Å². The minimum atomic E-state index is -0.616. The van der Waals surface area contributed by atoms with E-state index in [1.54, 1.807) is 30.0 Å². The average molecular weight is 431 g/mol. The molecule has 0 unspecified atom stereocenters. The number of hydrogen-bond donors (Lipinski definition) is 1. The van der Waals surface area contributed by atoms with Crippen molar-refractivity contribution in [2.75, 3.05) is 0 Å². The second kappa shape index (κ2) is 10.6. The maximum Gasteiger partial charge on any atom is 0.242 e. The van der Waals surface area contributed by atoms with Crippen molar-refractivity contribution in [1.82, 2.24) is 10.2 Å². The van der Waals surface area contributed by atoms with Crippen LogP contribution in [0, 0.1) is 5.82 Å². The Hall–Kier alpha value is -2.40. The molecule has 6 heteroatoms. The molecule has 3 rings (SSSR count).